The Hall–Kier alpha value is -3.24. The van der Waals surface area contributed by atoms with E-state index in [-0.39, 0.29) is 5.91 Å². The quantitative estimate of drug-likeness (QED) is 0.170. The van der Waals surface area contributed by atoms with Gasteiger partial charge >= 0.3 is 7.12 Å². The maximum absolute atomic E-state index is 12.2. The van der Waals surface area contributed by atoms with Crippen LogP contribution in [0.1, 0.15) is 30.9 Å². The van der Waals surface area contributed by atoms with Gasteiger partial charge in [-0.05, 0) is 55.0 Å². The number of aromatic nitrogens is 2. The molecule has 0 atom stereocenters. The number of benzene rings is 3. The van der Waals surface area contributed by atoms with Crippen LogP contribution < -0.4 is 10.8 Å². The van der Waals surface area contributed by atoms with Crippen molar-refractivity contribution in [1.82, 2.24) is 9.78 Å². The van der Waals surface area contributed by atoms with Crippen LogP contribution in [-0.2, 0) is 16.3 Å². The summed E-state index contributed by atoms with van der Waals surface area (Å²) >= 11 is 0. The van der Waals surface area contributed by atoms with Crippen LogP contribution in [0.4, 0.5) is 5.82 Å². The minimum Gasteiger partial charge on any atom is -0.423 e. The van der Waals surface area contributed by atoms with Gasteiger partial charge in [-0.2, -0.15) is 5.10 Å². The summed E-state index contributed by atoms with van der Waals surface area (Å²) in [5.74, 6) is 0.596. The van der Waals surface area contributed by atoms with Crippen molar-refractivity contribution in [1.29, 1.82) is 0 Å². The number of amides is 1. The Morgan fingerprint density at radius 1 is 0.950 bits per heavy atom. The van der Waals surface area contributed by atoms with Gasteiger partial charge in [-0.1, -0.05) is 92.3 Å². The van der Waals surface area contributed by atoms with E-state index in [1.165, 1.54) is 5.56 Å². The molecule has 7 nitrogen and oxygen atoms in total. The highest BCUT2D eigenvalue weighted by Crippen LogP contribution is 2.29. The maximum Gasteiger partial charge on any atom is 0.488 e. The van der Waals surface area contributed by atoms with Crippen LogP contribution in [0.3, 0.4) is 0 Å². The Morgan fingerprint density at radius 2 is 1.55 bits per heavy atom. The van der Waals surface area contributed by atoms with Crippen LogP contribution >= 0.6 is 0 Å². The zero-order valence-electron chi connectivity index (χ0n) is 24.6. The summed E-state index contributed by atoms with van der Waals surface area (Å²) in [5, 5.41) is 25.9. The van der Waals surface area contributed by atoms with E-state index in [2.05, 4.69) is 73.4 Å². The molecule has 1 aromatic heterocycles. The summed E-state index contributed by atoms with van der Waals surface area (Å²) in [5.41, 5.74) is 6.13. The summed E-state index contributed by atoms with van der Waals surface area (Å²) in [6.07, 6.45) is 1.30. The molecule has 0 aliphatic heterocycles. The lowest BCUT2D eigenvalue weighted by molar-refractivity contribution is -0.116. The predicted molar refractivity (Wildman–Crippen MR) is 169 cm³/mol. The summed E-state index contributed by atoms with van der Waals surface area (Å²) in [6, 6.07) is 22.9. The van der Waals surface area contributed by atoms with Gasteiger partial charge in [-0.3, -0.25) is 4.79 Å². The lowest BCUT2D eigenvalue weighted by Crippen LogP contribution is -2.29. The molecular weight excluding hydrogens is 517 g/mol. The molecule has 4 aromatic rings. The third-order valence-electron chi connectivity index (χ3n) is 6.46. The SMILES string of the molecule is CCCC(=O)Nc1nn(COCC[Si](C)(C)C)c2cc(-c3ccc(C)cc3)ccc12.Cc1ccc(B(O)O)cc1. The normalized spacial score (nSPS) is 11.2. The number of nitrogens with zero attached hydrogens (tertiary/aromatic N) is 2. The van der Waals surface area contributed by atoms with Gasteiger partial charge in [0.25, 0.3) is 0 Å². The van der Waals surface area contributed by atoms with Crippen LogP contribution in [0.2, 0.25) is 25.7 Å². The van der Waals surface area contributed by atoms with Gasteiger partial charge in [0.05, 0.1) is 5.52 Å². The minimum absolute atomic E-state index is 0.00804. The Balaban J connectivity index is 0.000000371. The van der Waals surface area contributed by atoms with Crippen molar-refractivity contribution in [3.8, 4) is 11.1 Å². The average molecular weight is 560 g/mol. The van der Waals surface area contributed by atoms with E-state index in [4.69, 9.17) is 14.8 Å². The number of aryl methyl sites for hydroxylation is 2. The molecule has 0 aliphatic carbocycles. The number of carbonyl (C=O) groups excluding carboxylic acids is 1. The van der Waals surface area contributed by atoms with E-state index in [1.807, 2.05) is 36.7 Å². The molecule has 9 heteroatoms. The zero-order chi connectivity index (χ0) is 29.3. The highest BCUT2D eigenvalue weighted by atomic mass is 28.3. The highest BCUT2D eigenvalue weighted by molar-refractivity contribution is 6.76. The van der Waals surface area contributed by atoms with Gasteiger partial charge in [-0.25, -0.2) is 4.68 Å². The molecule has 40 heavy (non-hydrogen) atoms. The molecule has 0 fully saturated rings. The maximum atomic E-state index is 12.2. The van der Waals surface area contributed by atoms with Crippen molar-refractivity contribution in [2.75, 3.05) is 11.9 Å². The van der Waals surface area contributed by atoms with E-state index in [9.17, 15) is 4.79 Å². The molecule has 212 valence electrons. The molecule has 0 saturated carbocycles. The number of hydrogen-bond acceptors (Lipinski definition) is 5. The van der Waals surface area contributed by atoms with Crippen molar-refractivity contribution in [3.63, 3.8) is 0 Å². The molecule has 0 radical (unpaired) electrons. The van der Waals surface area contributed by atoms with Crippen molar-refractivity contribution >= 4 is 43.3 Å². The summed E-state index contributed by atoms with van der Waals surface area (Å²) in [4.78, 5) is 12.2. The molecule has 0 saturated heterocycles. The first-order valence-electron chi connectivity index (χ1n) is 13.8. The molecule has 1 amide bonds. The number of nitrogens with one attached hydrogen (secondary N) is 1. The fraction of sp³-hybridized carbons (Fsp3) is 0.355. The Morgan fingerprint density at radius 3 is 2.12 bits per heavy atom. The fourth-order valence-electron chi connectivity index (χ4n) is 3.98. The molecule has 0 aliphatic rings. The van der Waals surface area contributed by atoms with Crippen LogP contribution in [0.15, 0.2) is 66.7 Å². The van der Waals surface area contributed by atoms with Gasteiger partial charge < -0.3 is 20.1 Å². The number of rotatable bonds is 10. The van der Waals surface area contributed by atoms with Crippen molar-refractivity contribution in [3.05, 3.63) is 77.9 Å². The standard InChI is InChI=1S/C24H33N3O2Si.C7H9BO2/c1-6-7-23(28)25-24-21-13-12-20(19-10-8-18(2)9-11-19)16-22(21)27(26-24)17-29-14-15-30(3,4)5;1-6-2-4-7(5-3-6)8(9)10/h8-13,16H,6-7,14-15,17H2,1-5H3,(H,25,26,28);2-5,9-10H,1H3. The van der Waals surface area contributed by atoms with Gasteiger partial charge in [0.2, 0.25) is 5.91 Å². The average Bonchev–Trinajstić information content (AvgIpc) is 3.23. The van der Waals surface area contributed by atoms with E-state index in [1.54, 1.807) is 12.1 Å². The largest absolute Gasteiger partial charge is 0.488 e. The summed E-state index contributed by atoms with van der Waals surface area (Å²) in [6.45, 7) is 14.2. The molecule has 3 N–H and O–H groups in total. The molecule has 3 aromatic carbocycles. The van der Waals surface area contributed by atoms with E-state index in [0.29, 0.717) is 24.4 Å². The van der Waals surface area contributed by atoms with Crippen molar-refractivity contribution < 1.29 is 19.6 Å². The lowest BCUT2D eigenvalue weighted by Gasteiger charge is -2.15. The number of fused-ring (bicyclic) bond motifs is 1. The van der Waals surface area contributed by atoms with Crippen LogP contribution in [0.25, 0.3) is 22.0 Å². The number of ether oxygens (including phenoxy) is 1. The van der Waals surface area contributed by atoms with Gasteiger partial charge in [0, 0.05) is 26.5 Å². The van der Waals surface area contributed by atoms with E-state index >= 15 is 0 Å². The third kappa shape index (κ3) is 9.45. The molecule has 0 unspecified atom stereocenters. The van der Waals surface area contributed by atoms with Crippen molar-refractivity contribution in [2.24, 2.45) is 0 Å². The van der Waals surface area contributed by atoms with Crippen LogP contribution in [0.5, 0.6) is 0 Å². The molecule has 4 rings (SSSR count). The Kier molecular flexibility index (Phi) is 11.3. The first-order chi connectivity index (χ1) is 19.0. The number of anilines is 1. The van der Waals surface area contributed by atoms with Crippen LogP contribution in [0, 0.1) is 13.8 Å². The van der Waals surface area contributed by atoms with Crippen LogP contribution in [-0.4, -0.2) is 47.5 Å². The predicted octanol–water partition coefficient (Wildman–Crippen LogP) is 5.74. The third-order valence-corrected chi connectivity index (χ3v) is 8.16. The molecular formula is C31H42BN3O4Si. The molecule has 1 heterocycles. The first-order valence-corrected chi connectivity index (χ1v) is 17.6. The second-order valence-electron chi connectivity index (χ2n) is 11.4. The van der Waals surface area contributed by atoms with Gasteiger partial charge in [-0.15, -0.1) is 0 Å². The summed E-state index contributed by atoms with van der Waals surface area (Å²) < 4.78 is 7.81. The second-order valence-corrected chi connectivity index (χ2v) is 17.0. The molecule has 0 spiro atoms. The Bertz CT molecular complexity index is 1380. The zero-order valence-corrected chi connectivity index (χ0v) is 25.6. The second kappa shape index (κ2) is 14.4. The lowest BCUT2D eigenvalue weighted by atomic mass is 9.80. The topological polar surface area (TPSA) is 96.6 Å². The highest BCUT2D eigenvalue weighted by Gasteiger charge is 2.16. The van der Waals surface area contributed by atoms with Gasteiger partial charge in [0.1, 0.15) is 6.73 Å². The van der Waals surface area contributed by atoms with E-state index < -0.39 is 15.2 Å². The minimum atomic E-state index is -1.35. The van der Waals surface area contributed by atoms with Gasteiger partial charge in [0.15, 0.2) is 5.82 Å². The Labute approximate surface area is 239 Å². The van der Waals surface area contributed by atoms with E-state index in [0.717, 1.165) is 46.7 Å². The monoisotopic (exact) mass is 559 g/mol. The fourth-order valence-corrected chi connectivity index (χ4v) is 4.74. The number of carbonyl (C=O) groups is 1. The van der Waals surface area contributed by atoms with Crippen molar-refractivity contribution in [2.45, 2.75) is 66.0 Å². The number of hydrogen-bond donors (Lipinski definition) is 3. The first kappa shape index (κ1) is 31.3. The smallest absolute Gasteiger partial charge is 0.423 e. The molecule has 0 bridgehead atoms. The summed E-state index contributed by atoms with van der Waals surface area (Å²) in [7, 11) is -2.49.